The summed E-state index contributed by atoms with van der Waals surface area (Å²) in [6.45, 7) is 4.05. The van der Waals surface area contributed by atoms with Crippen LogP contribution in [-0.4, -0.2) is 19.1 Å². The van der Waals surface area contributed by atoms with Crippen LogP contribution in [0, 0.1) is 6.92 Å². The van der Waals surface area contributed by atoms with Gasteiger partial charge in [-0.25, -0.2) is 9.59 Å². The number of ether oxygens (including phenoxy) is 2. The van der Waals surface area contributed by atoms with E-state index in [2.05, 4.69) is 17.6 Å². The van der Waals surface area contributed by atoms with E-state index in [4.69, 9.17) is 9.47 Å². The summed E-state index contributed by atoms with van der Waals surface area (Å²) in [6, 6.07) is 14.2. The van der Waals surface area contributed by atoms with E-state index >= 15 is 0 Å². The number of urea groups is 1. The maximum atomic E-state index is 12.5. The topological polar surface area (TPSA) is 76.7 Å². The summed E-state index contributed by atoms with van der Waals surface area (Å²) in [6.07, 6.45) is 2.43. The maximum Gasteiger partial charge on any atom is 0.337 e. The molecule has 0 saturated heterocycles. The minimum absolute atomic E-state index is 0.325. The normalized spacial score (nSPS) is 16.1. The quantitative estimate of drug-likeness (QED) is 0.664. The van der Waals surface area contributed by atoms with Gasteiger partial charge in [0, 0.05) is 5.70 Å². The predicted octanol–water partition coefficient (Wildman–Crippen LogP) is 4.76. The molecular formula is C23H26N2O4. The molecule has 1 unspecified atom stereocenters. The molecule has 0 radical (unpaired) electrons. The van der Waals surface area contributed by atoms with Gasteiger partial charge in [0.15, 0.2) is 0 Å². The number of carbonyl (C=O) groups excluding carboxylic acids is 2. The minimum atomic E-state index is -0.574. The van der Waals surface area contributed by atoms with Crippen molar-refractivity contribution >= 4 is 12.0 Å². The molecule has 0 fully saturated rings. The Bertz CT molecular complexity index is 919. The average Bonchev–Trinajstić information content (AvgIpc) is 2.73. The molecule has 1 heterocycles. The summed E-state index contributed by atoms with van der Waals surface area (Å²) in [5.41, 5.74) is 2.88. The molecule has 3 rings (SSSR count). The summed E-state index contributed by atoms with van der Waals surface area (Å²) in [5.74, 6) is 1.01. The van der Waals surface area contributed by atoms with E-state index in [1.165, 1.54) is 7.11 Å². The number of esters is 1. The first kappa shape index (κ1) is 20.5. The molecule has 152 valence electrons. The lowest BCUT2D eigenvalue weighted by atomic mass is 9.93. The molecule has 29 heavy (non-hydrogen) atoms. The summed E-state index contributed by atoms with van der Waals surface area (Å²) < 4.78 is 10.9. The van der Waals surface area contributed by atoms with Crippen molar-refractivity contribution in [1.29, 1.82) is 0 Å². The zero-order valence-corrected chi connectivity index (χ0v) is 17.0. The second kappa shape index (κ2) is 9.28. The van der Waals surface area contributed by atoms with Crippen LogP contribution in [0.25, 0.3) is 0 Å². The van der Waals surface area contributed by atoms with Crippen LogP contribution in [0.4, 0.5) is 4.79 Å². The second-order valence-electron chi connectivity index (χ2n) is 6.96. The van der Waals surface area contributed by atoms with Crippen molar-refractivity contribution in [2.24, 2.45) is 0 Å². The van der Waals surface area contributed by atoms with E-state index in [1.54, 1.807) is 0 Å². The molecule has 1 atom stereocenters. The molecule has 1 aliphatic heterocycles. The number of nitrogens with one attached hydrogen (secondary N) is 2. The highest BCUT2D eigenvalue weighted by Gasteiger charge is 2.33. The van der Waals surface area contributed by atoms with Crippen LogP contribution >= 0.6 is 0 Å². The lowest BCUT2D eigenvalue weighted by Crippen LogP contribution is -2.45. The van der Waals surface area contributed by atoms with Gasteiger partial charge in [0.25, 0.3) is 0 Å². The zero-order chi connectivity index (χ0) is 20.8. The van der Waals surface area contributed by atoms with E-state index in [0.29, 0.717) is 23.4 Å². The van der Waals surface area contributed by atoms with Crippen molar-refractivity contribution in [2.75, 3.05) is 7.11 Å². The highest BCUT2D eigenvalue weighted by Crippen LogP contribution is 2.31. The molecule has 2 N–H and O–H groups in total. The third-order valence-corrected chi connectivity index (χ3v) is 4.87. The predicted molar refractivity (Wildman–Crippen MR) is 111 cm³/mol. The fraction of sp³-hybridized carbons (Fsp3) is 0.304. The maximum absolute atomic E-state index is 12.5. The van der Waals surface area contributed by atoms with Crippen molar-refractivity contribution in [3.8, 4) is 11.5 Å². The van der Waals surface area contributed by atoms with Gasteiger partial charge < -0.3 is 20.1 Å². The highest BCUT2D eigenvalue weighted by molar-refractivity contribution is 5.95. The van der Waals surface area contributed by atoms with E-state index in [9.17, 15) is 9.59 Å². The number of carbonyl (C=O) groups is 2. The van der Waals surface area contributed by atoms with Gasteiger partial charge in [-0.1, -0.05) is 43.7 Å². The van der Waals surface area contributed by atoms with E-state index in [1.807, 2.05) is 55.5 Å². The molecule has 6 heteroatoms. The molecule has 2 amide bonds. The lowest BCUT2D eigenvalue weighted by Gasteiger charge is -2.29. The lowest BCUT2D eigenvalue weighted by molar-refractivity contribution is -0.136. The van der Waals surface area contributed by atoms with E-state index in [-0.39, 0.29) is 6.03 Å². The van der Waals surface area contributed by atoms with Gasteiger partial charge in [-0.05, 0) is 49.1 Å². The Morgan fingerprint density at radius 1 is 1.10 bits per heavy atom. The number of unbranched alkanes of at least 4 members (excludes halogenated alkanes) is 1. The van der Waals surface area contributed by atoms with Gasteiger partial charge in [-0.2, -0.15) is 0 Å². The molecule has 0 spiro atoms. The van der Waals surface area contributed by atoms with Gasteiger partial charge in [0.05, 0.1) is 18.7 Å². The van der Waals surface area contributed by atoms with Crippen molar-refractivity contribution in [3.63, 3.8) is 0 Å². The number of aryl methyl sites for hydroxylation is 1. The number of hydrogen-bond acceptors (Lipinski definition) is 4. The number of hydrogen-bond donors (Lipinski definition) is 2. The fourth-order valence-corrected chi connectivity index (χ4v) is 3.30. The Balaban J connectivity index is 1.89. The molecule has 0 aromatic heterocycles. The Kier molecular flexibility index (Phi) is 6.54. The first-order chi connectivity index (χ1) is 14.0. The van der Waals surface area contributed by atoms with Crippen molar-refractivity contribution in [3.05, 3.63) is 70.9 Å². The van der Waals surface area contributed by atoms with Crippen LogP contribution in [0.1, 0.15) is 43.4 Å². The number of rotatable bonds is 7. The summed E-state index contributed by atoms with van der Waals surface area (Å²) in [7, 11) is 1.35. The standard InChI is InChI=1S/C23H26N2O4/c1-4-5-9-18-20(22(26)28-3)21(25-23(27)24-18)16-11-13-17(14-12-16)29-19-10-7-6-8-15(19)2/h6-8,10-14,21H,4-5,9H2,1-3H3,(H2,24,25,27). The molecule has 1 aliphatic rings. The first-order valence-corrected chi connectivity index (χ1v) is 9.75. The van der Waals surface area contributed by atoms with E-state index < -0.39 is 12.0 Å². The molecular weight excluding hydrogens is 368 g/mol. The van der Waals surface area contributed by atoms with Gasteiger partial charge in [-0.3, -0.25) is 0 Å². The van der Waals surface area contributed by atoms with Gasteiger partial charge in [0.2, 0.25) is 0 Å². The summed E-state index contributed by atoms with van der Waals surface area (Å²) in [5, 5.41) is 5.60. The van der Waals surface area contributed by atoms with Crippen molar-refractivity contribution in [2.45, 2.75) is 39.2 Å². The zero-order valence-electron chi connectivity index (χ0n) is 17.0. The molecule has 0 saturated carbocycles. The fourth-order valence-electron chi connectivity index (χ4n) is 3.30. The molecule has 2 aromatic rings. The number of amides is 2. The van der Waals surface area contributed by atoms with Crippen LogP contribution in [0.5, 0.6) is 11.5 Å². The monoisotopic (exact) mass is 394 g/mol. The molecule has 2 aromatic carbocycles. The van der Waals surface area contributed by atoms with Crippen LogP contribution in [0.3, 0.4) is 0 Å². The highest BCUT2D eigenvalue weighted by atomic mass is 16.5. The van der Waals surface area contributed by atoms with E-state index in [0.717, 1.165) is 29.7 Å². The second-order valence-corrected chi connectivity index (χ2v) is 6.96. The smallest absolute Gasteiger partial charge is 0.337 e. The average molecular weight is 394 g/mol. The Morgan fingerprint density at radius 2 is 1.83 bits per heavy atom. The molecule has 6 nitrogen and oxygen atoms in total. The minimum Gasteiger partial charge on any atom is -0.466 e. The number of para-hydroxylation sites is 1. The van der Waals surface area contributed by atoms with Crippen molar-refractivity contribution in [1.82, 2.24) is 10.6 Å². The van der Waals surface area contributed by atoms with Gasteiger partial charge >= 0.3 is 12.0 Å². The molecule has 0 bridgehead atoms. The van der Waals surface area contributed by atoms with Crippen LogP contribution in [0.2, 0.25) is 0 Å². The third kappa shape index (κ3) is 4.77. The SMILES string of the molecule is CCCCC1=C(C(=O)OC)C(c2ccc(Oc3ccccc3C)cc2)NC(=O)N1. The third-order valence-electron chi connectivity index (χ3n) is 4.87. The van der Waals surface area contributed by atoms with Crippen molar-refractivity contribution < 1.29 is 19.1 Å². The Hall–Kier alpha value is -3.28. The Labute approximate surface area is 170 Å². The van der Waals surface area contributed by atoms with Crippen LogP contribution in [-0.2, 0) is 9.53 Å². The summed E-state index contributed by atoms with van der Waals surface area (Å²) in [4.78, 5) is 24.7. The number of methoxy groups -OCH3 is 1. The Morgan fingerprint density at radius 3 is 2.48 bits per heavy atom. The molecule has 0 aliphatic carbocycles. The van der Waals surface area contributed by atoms with Gasteiger partial charge in [0.1, 0.15) is 11.5 Å². The summed E-state index contributed by atoms with van der Waals surface area (Å²) >= 11 is 0. The largest absolute Gasteiger partial charge is 0.466 e. The first-order valence-electron chi connectivity index (χ1n) is 9.75. The van der Waals surface area contributed by atoms with Crippen LogP contribution in [0.15, 0.2) is 59.8 Å². The number of benzene rings is 2. The number of allylic oxidation sites excluding steroid dienone is 1. The van der Waals surface area contributed by atoms with Gasteiger partial charge in [-0.15, -0.1) is 0 Å². The van der Waals surface area contributed by atoms with Crippen LogP contribution < -0.4 is 15.4 Å².